The van der Waals surface area contributed by atoms with Crippen molar-refractivity contribution in [1.29, 1.82) is 0 Å². The van der Waals surface area contributed by atoms with E-state index < -0.39 is 9.84 Å². The summed E-state index contributed by atoms with van der Waals surface area (Å²) in [7, 11) is -3.09. The molecule has 1 amide bonds. The van der Waals surface area contributed by atoms with Crippen molar-refractivity contribution in [2.75, 3.05) is 11.5 Å². The topological polar surface area (TPSA) is 67.6 Å². The van der Waals surface area contributed by atoms with Gasteiger partial charge in [0.2, 0.25) is 0 Å². The number of sulfone groups is 1. The van der Waals surface area contributed by atoms with Crippen LogP contribution in [0.2, 0.25) is 5.02 Å². The Balaban J connectivity index is 1.88. The zero-order valence-electron chi connectivity index (χ0n) is 12.3. The maximum atomic E-state index is 12.7. The Morgan fingerprint density at radius 1 is 1.30 bits per heavy atom. The molecule has 0 unspecified atom stereocenters. The highest BCUT2D eigenvalue weighted by Crippen LogP contribution is 2.23. The lowest BCUT2D eigenvalue weighted by Crippen LogP contribution is -2.40. The fourth-order valence-electron chi connectivity index (χ4n) is 2.76. The molecular formula is C16H16ClNO4S. The van der Waals surface area contributed by atoms with E-state index >= 15 is 0 Å². The van der Waals surface area contributed by atoms with E-state index in [-0.39, 0.29) is 29.2 Å². The maximum Gasteiger partial charge on any atom is 0.290 e. The summed E-state index contributed by atoms with van der Waals surface area (Å²) >= 11 is 5.99. The van der Waals surface area contributed by atoms with E-state index in [1.165, 1.54) is 6.26 Å². The highest BCUT2D eigenvalue weighted by molar-refractivity contribution is 7.91. The normalized spacial score (nSPS) is 19.6. The van der Waals surface area contributed by atoms with Crippen LogP contribution >= 0.6 is 11.6 Å². The van der Waals surface area contributed by atoms with Gasteiger partial charge in [-0.1, -0.05) is 23.7 Å². The molecule has 1 atom stereocenters. The van der Waals surface area contributed by atoms with Gasteiger partial charge in [0.05, 0.1) is 17.8 Å². The van der Waals surface area contributed by atoms with Gasteiger partial charge in [-0.25, -0.2) is 8.42 Å². The predicted molar refractivity (Wildman–Crippen MR) is 87.1 cm³/mol. The van der Waals surface area contributed by atoms with Crippen molar-refractivity contribution in [3.8, 4) is 0 Å². The molecule has 7 heteroatoms. The number of benzene rings is 1. The van der Waals surface area contributed by atoms with E-state index in [1.54, 1.807) is 35.2 Å². The minimum atomic E-state index is -3.09. The molecule has 23 heavy (non-hydrogen) atoms. The van der Waals surface area contributed by atoms with Crippen molar-refractivity contribution in [2.45, 2.75) is 19.0 Å². The van der Waals surface area contributed by atoms with Gasteiger partial charge in [0, 0.05) is 17.6 Å². The summed E-state index contributed by atoms with van der Waals surface area (Å²) in [6, 6.07) is 10.1. The van der Waals surface area contributed by atoms with Gasteiger partial charge >= 0.3 is 0 Å². The molecule has 0 spiro atoms. The fourth-order valence-corrected chi connectivity index (χ4v) is 4.71. The van der Waals surface area contributed by atoms with Crippen LogP contribution in [0.1, 0.15) is 22.5 Å². The molecule has 122 valence electrons. The number of hydrogen-bond donors (Lipinski definition) is 0. The summed E-state index contributed by atoms with van der Waals surface area (Å²) in [5.74, 6) is -0.0109. The number of rotatable bonds is 4. The smallest absolute Gasteiger partial charge is 0.290 e. The third-order valence-electron chi connectivity index (χ3n) is 3.88. The molecular weight excluding hydrogens is 338 g/mol. The Morgan fingerprint density at radius 3 is 2.74 bits per heavy atom. The lowest BCUT2D eigenvalue weighted by atomic mass is 10.1. The van der Waals surface area contributed by atoms with Crippen molar-refractivity contribution < 1.29 is 17.6 Å². The molecule has 1 aromatic heterocycles. The first-order chi connectivity index (χ1) is 10.9. The molecule has 1 aliphatic heterocycles. The monoisotopic (exact) mass is 353 g/mol. The number of halogens is 1. The molecule has 1 aliphatic rings. The number of hydrogen-bond acceptors (Lipinski definition) is 4. The number of furan rings is 1. The molecule has 3 rings (SSSR count). The summed E-state index contributed by atoms with van der Waals surface area (Å²) in [6.45, 7) is 0.292. The first-order valence-corrected chi connectivity index (χ1v) is 9.44. The van der Waals surface area contributed by atoms with Crippen molar-refractivity contribution in [3.63, 3.8) is 0 Å². The van der Waals surface area contributed by atoms with Gasteiger partial charge in [0.1, 0.15) is 0 Å². The van der Waals surface area contributed by atoms with Crippen LogP contribution in [0.5, 0.6) is 0 Å². The third-order valence-corrected chi connectivity index (χ3v) is 5.87. The van der Waals surface area contributed by atoms with Crippen molar-refractivity contribution >= 4 is 27.3 Å². The lowest BCUT2D eigenvalue weighted by Gasteiger charge is -2.27. The Morgan fingerprint density at radius 2 is 2.13 bits per heavy atom. The van der Waals surface area contributed by atoms with Crippen LogP contribution in [0.3, 0.4) is 0 Å². The van der Waals surface area contributed by atoms with E-state index in [2.05, 4.69) is 0 Å². The van der Waals surface area contributed by atoms with Gasteiger partial charge in [-0.15, -0.1) is 0 Å². The summed E-state index contributed by atoms with van der Waals surface area (Å²) in [5, 5.41) is 0.576. The van der Waals surface area contributed by atoms with Gasteiger partial charge in [-0.3, -0.25) is 4.79 Å². The standard InChI is InChI=1S/C16H16ClNO4S/c17-13-4-1-3-12(9-13)10-18(14-6-8-23(20,21)11-14)16(19)15-5-2-7-22-15/h1-5,7,9,14H,6,8,10-11H2/t14-/m0/s1. The van der Waals surface area contributed by atoms with E-state index in [4.69, 9.17) is 16.0 Å². The molecule has 5 nitrogen and oxygen atoms in total. The maximum absolute atomic E-state index is 12.7. The SMILES string of the molecule is O=C(c1ccco1)N(Cc1cccc(Cl)c1)[C@H]1CCS(=O)(=O)C1. The fraction of sp³-hybridized carbons (Fsp3) is 0.312. The van der Waals surface area contributed by atoms with E-state index in [9.17, 15) is 13.2 Å². The number of amides is 1. The Hall–Kier alpha value is -1.79. The zero-order valence-corrected chi connectivity index (χ0v) is 13.9. The molecule has 0 saturated carbocycles. The van der Waals surface area contributed by atoms with Crippen LogP contribution in [0, 0.1) is 0 Å². The van der Waals surface area contributed by atoms with E-state index in [0.717, 1.165) is 5.56 Å². The predicted octanol–water partition coefficient (Wildman–Crippen LogP) is 2.76. The summed E-state index contributed by atoms with van der Waals surface area (Å²) in [5.41, 5.74) is 0.849. The largest absolute Gasteiger partial charge is 0.459 e. The summed E-state index contributed by atoms with van der Waals surface area (Å²) in [4.78, 5) is 14.3. The number of carbonyl (C=O) groups is 1. The Labute approximate surface area is 139 Å². The molecule has 0 N–H and O–H groups in total. The summed E-state index contributed by atoms with van der Waals surface area (Å²) in [6.07, 6.45) is 1.87. The highest BCUT2D eigenvalue weighted by atomic mass is 35.5. The second-order valence-corrected chi connectivity index (χ2v) is 8.26. The third kappa shape index (κ3) is 3.76. The first kappa shape index (κ1) is 16.1. The molecule has 0 bridgehead atoms. The average molecular weight is 354 g/mol. The van der Waals surface area contributed by atoms with Gasteiger partial charge in [0.15, 0.2) is 15.6 Å². The van der Waals surface area contributed by atoms with Gasteiger partial charge in [-0.05, 0) is 36.2 Å². The van der Waals surface area contributed by atoms with E-state index in [0.29, 0.717) is 18.0 Å². The Kier molecular flexibility index (Phi) is 4.46. The van der Waals surface area contributed by atoms with Crippen LogP contribution in [0.25, 0.3) is 0 Å². The van der Waals surface area contributed by atoms with Crippen LogP contribution < -0.4 is 0 Å². The second-order valence-electron chi connectivity index (χ2n) is 5.60. The average Bonchev–Trinajstić information content (AvgIpc) is 3.13. The highest BCUT2D eigenvalue weighted by Gasteiger charge is 2.35. The second kappa shape index (κ2) is 6.37. The number of carbonyl (C=O) groups excluding carboxylic acids is 1. The lowest BCUT2D eigenvalue weighted by molar-refractivity contribution is 0.0648. The molecule has 1 saturated heterocycles. The van der Waals surface area contributed by atoms with Gasteiger partial charge < -0.3 is 9.32 Å². The van der Waals surface area contributed by atoms with Crippen molar-refractivity contribution in [1.82, 2.24) is 4.90 Å². The number of nitrogens with zero attached hydrogens (tertiary/aromatic N) is 1. The van der Waals surface area contributed by atoms with E-state index in [1.807, 2.05) is 6.07 Å². The first-order valence-electron chi connectivity index (χ1n) is 7.24. The van der Waals surface area contributed by atoms with Crippen molar-refractivity contribution in [3.05, 3.63) is 59.0 Å². The molecule has 0 aliphatic carbocycles. The zero-order chi connectivity index (χ0) is 16.4. The van der Waals surface area contributed by atoms with Crippen LogP contribution in [0.15, 0.2) is 47.1 Å². The summed E-state index contributed by atoms with van der Waals surface area (Å²) < 4.78 is 28.7. The molecule has 1 fully saturated rings. The minimum Gasteiger partial charge on any atom is -0.459 e. The Bertz CT molecular complexity index is 801. The molecule has 0 radical (unpaired) electrons. The quantitative estimate of drug-likeness (QED) is 0.847. The minimum absolute atomic E-state index is 0.0139. The van der Waals surface area contributed by atoms with Crippen LogP contribution in [-0.4, -0.2) is 36.8 Å². The molecule has 2 heterocycles. The van der Waals surface area contributed by atoms with Crippen LogP contribution in [0.4, 0.5) is 0 Å². The van der Waals surface area contributed by atoms with Crippen LogP contribution in [-0.2, 0) is 16.4 Å². The molecule has 2 aromatic rings. The molecule has 1 aromatic carbocycles. The van der Waals surface area contributed by atoms with Crippen molar-refractivity contribution in [2.24, 2.45) is 0 Å². The van der Waals surface area contributed by atoms with Gasteiger partial charge in [0.25, 0.3) is 5.91 Å². The van der Waals surface area contributed by atoms with Gasteiger partial charge in [-0.2, -0.15) is 0 Å².